The molecule has 1 saturated heterocycles. The van der Waals surface area contributed by atoms with Crippen molar-refractivity contribution in [3.63, 3.8) is 0 Å². The average Bonchev–Trinajstić information content (AvgIpc) is 2.46. The molecule has 1 amide bonds. The van der Waals surface area contributed by atoms with Gasteiger partial charge in [0, 0.05) is 13.0 Å². The molecule has 1 heterocycles. The number of hydrogen-bond acceptors (Lipinski definition) is 4. The molecule has 1 atom stereocenters. The molecule has 5 heteroatoms. The van der Waals surface area contributed by atoms with E-state index >= 15 is 0 Å². The highest BCUT2D eigenvalue weighted by Gasteiger charge is 2.34. The van der Waals surface area contributed by atoms with E-state index in [-0.39, 0.29) is 5.78 Å². The van der Waals surface area contributed by atoms with Crippen molar-refractivity contribution >= 4 is 11.9 Å². The minimum atomic E-state index is -0.573. The fourth-order valence-electron chi connectivity index (χ4n) is 2.35. The van der Waals surface area contributed by atoms with Crippen LogP contribution in [0.2, 0.25) is 0 Å². The molecule has 0 radical (unpaired) electrons. The van der Waals surface area contributed by atoms with Gasteiger partial charge in [0.25, 0.3) is 0 Å². The van der Waals surface area contributed by atoms with E-state index in [0.29, 0.717) is 25.1 Å². The van der Waals surface area contributed by atoms with Crippen LogP contribution < -0.4 is 4.74 Å². The zero-order valence-electron chi connectivity index (χ0n) is 11.1. The van der Waals surface area contributed by atoms with Crippen molar-refractivity contribution in [3.05, 3.63) is 29.8 Å². The topological polar surface area (TPSA) is 55.8 Å². The predicted molar refractivity (Wildman–Crippen MR) is 69.1 cm³/mol. The van der Waals surface area contributed by atoms with E-state index in [1.807, 2.05) is 12.1 Å². The van der Waals surface area contributed by atoms with E-state index in [9.17, 15) is 9.59 Å². The number of ketones is 1. The highest BCUT2D eigenvalue weighted by atomic mass is 16.5. The first-order chi connectivity index (χ1) is 9.17. The molecule has 0 saturated carbocycles. The van der Waals surface area contributed by atoms with Gasteiger partial charge in [-0.1, -0.05) is 12.1 Å². The van der Waals surface area contributed by atoms with E-state index in [1.54, 1.807) is 19.2 Å². The highest BCUT2D eigenvalue weighted by Crippen LogP contribution is 2.30. The van der Waals surface area contributed by atoms with Crippen molar-refractivity contribution in [2.75, 3.05) is 20.8 Å². The van der Waals surface area contributed by atoms with Crippen LogP contribution >= 0.6 is 0 Å². The summed E-state index contributed by atoms with van der Waals surface area (Å²) in [7, 11) is 2.89. The second kappa shape index (κ2) is 5.73. The number of methoxy groups -OCH3 is 2. The third kappa shape index (κ3) is 2.70. The Kier molecular flexibility index (Phi) is 4.04. The Balaban J connectivity index is 2.35. The standard InChI is InChI=1S/C14H17NO4/c1-18-11-6-3-5-10(9-11)13-12(16)7-4-8-15(13)14(17)19-2/h3,5-6,9,13H,4,7-8H2,1-2H3. The molecule has 1 aromatic carbocycles. The maximum atomic E-state index is 12.1. The van der Waals surface area contributed by atoms with Crippen molar-refractivity contribution in [3.8, 4) is 5.75 Å². The van der Waals surface area contributed by atoms with Gasteiger partial charge in [0.1, 0.15) is 11.8 Å². The van der Waals surface area contributed by atoms with E-state index < -0.39 is 12.1 Å². The normalized spacial score (nSPS) is 19.2. The molecule has 0 aromatic heterocycles. The molecule has 19 heavy (non-hydrogen) atoms. The molecule has 1 unspecified atom stereocenters. The van der Waals surface area contributed by atoms with Crippen LogP contribution in [-0.4, -0.2) is 37.5 Å². The summed E-state index contributed by atoms with van der Waals surface area (Å²) in [6, 6.07) is 6.65. The second-order valence-electron chi connectivity index (χ2n) is 4.41. The first-order valence-electron chi connectivity index (χ1n) is 6.18. The van der Waals surface area contributed by atoms with Gasteiger partial charge in [-0.2, -0.15) is 0 Å². The number of nitrogens with zero attached hydrogens (tertiary/aromatic N) is 1. The molecular formula is C14H17NO4. The van der Waals surface area contributed by atoms with E-state index in [4.69, 9.17) is 9.47 Å². The Bertz CT molecular complexity index is 486. The summed E-state index contributed by atoms with van der Waals surface area (Å²) in [4.78, 5) is 25.4. The minimum absolute atomic E-state index is 0.0323. The molecule has 0 N–H and O–H groups in total. The third-order valence-corrected chi connectivity index (χ3v) is 3.26. The fraction of sp³-hybridized carbons (Fsp3) is 0.429. The van der Waals surface area contributed by atoms with Gasteiger partial charge in [-0.05, 0) is 24.1 Å². The van der Waals surface area contributed by atoms with Crippen LogP contribution in [0.4, 0.5) is 4.79 Å². The Morgan fingerprint density at radius 1 is 1.37 bits per heavy atom. The van der Waals surface area contributed by atoms with E-state index in [0.717, 1.165) is 5.56 Å². The number of carbonyl (C=O) groups excluding carboxylic acids is 2. The van der Waals surface area contributed by atoms with Crippen LogP contribution in [0.15, 0.2) is 24.3 Å². The third-order valence-electron chi connectivity index (χ3n) is 3.26. The van der Waals surface area contributed by atoms with Crippen LogP contribution in [0.3, 0.4) is 0 Å². The predicted octanol–water partition coefficient (Wildman–Crippen LogP) is 2.17. The van der Waals surface area contributed by atoms with Gasteiger partial charge in [0.05, 0.1) is 14.2 Å². The Morgan fingerprint density at radius 2 is 2.16 bits per heavy atom. The number of carbonyl (C=O) groups is 2. The summed E-state index contributed by atoms with van der Waals surface area (Å²) in [5.41, 5.74) is 0.759. The number of amides is 1. The van der Waals surface area contributed by atoms with Gasteiger partial charge in [0.2, 0.25) is 0 Å². The molecule has 5 nitrogen and oxygen atoms in total. The van der Waals surface area contributed by atoms with Gasteiger partial charge in [-0.15, -0.1) is 0 Å². The summed E-state index contributed by atoms with van der Waals surface area (Å²) >= 11 is 0. The molecule has 0 bridgehead atoms. The largest absolute Gasteiger partial charge is 0.497 e. The highest BCUT2D eigenvalue weighted by molar-refractivity contribution is 5.89. The van der Waals surface area contributed by atoms with Crippen molar-refractivity contribution in [2.45, 2.75) is 18.9 Å². The van der Waals surface area contributed by atoms with Crippen LogP contribution in [0, 0.1) is 0 Å². The zero-order valence-corrected chi connectivity index (χ0v) is 11.1. The molecule has 1 fully saturated rings. The van der Waals surface area contributed by atoms with Gasteiger partial charge in [-0.25, -0.2) is 4.79 Å². The molecule has 1 aliphatic rings. The number of benzene rings is 1. The van der Waals surface area contributed by atoms with Crippen LogP contribution in [-0.2, 0) is 9.53 Å². The van der Waals surface area contributed by atoms with E-state index in [1.165, 1.54) is 12.0 Å². The van der Waals surface area contributed by atoms with Crippen molar-refractivity contribution in [1.29, 1.82) is 0 Å². The van der Waals surface area contributed by atoms with Crippen LogP contribution in [0.1, 0.15) is 24.4 Å². The summed E-state index contributed by atoms with van der Waals surface area (Å²) < 4.78 is 9.91. The number of piperidine rings is 1. The monoisotopic (exact) mass is 263 g/mol. The van der Waals surface area contributed by atoms with Crippen molar-refractivity contribution in [2.24, 2.45) is 0 Å². The Hall–Kier alpha value is -2.04. The summed E-state index contributed by atoms with van der Waals surface area (Å²) in [6.07, 6.45) is 0.685. The number of Topliss-reactive ketones (excluding diaryl/α,β-unsaturated/α-hetero) is 1. The molecule has 102 valence electrons. The van der Waals surface area contributed by atoms with Gasteiger partial charge in [0.15, 0.2) is 5.78 Å². The Morgan fingerprint density at radius 3 is 2.84 bits per heavy atom. The number of likely N-dealkylation sites (tertiary alicyclic amines) is 1. The lowest BCUT2D eigenvalue weighted by Gasteiger charge is -2.33. The molecule has 1 aromatic rings. The Labute approximate surface area is 112 Å². The number of hydrogen-bond donors (Lipinski definition) is 0. The molecule has 1 aliphatic heterocycles. The lowest BCUT2D eigenvalue weighted by Crippen LogP contribution is -2.43. The van der Waals surface area contributed by atoms with Gasteiger partial charge in [-0.3, -0.25) is 9.69 Å². The van der Waals surface area contributed by atoms with E-state index in [2.05, 4.69) is 0 Å². The summed E-state index contributed by atoms with van der Waals surface area (Å²) in [6.45, 7) is 0.528. The molecule has 0 spiro atoms. The molecular weight excluding hydrogens is 246 g/mol. The maximum absolute atomic E-state index is 12.1. The maximum Gasteiger partial charge on any atom is 0.410 e. The fourth-order valence-corrected chi connectivity index (χ4v) is 2.35. The van der Waals surface area contributed by atoms with Crippen LogP contribution in [0.25, 0.3) is 0 Å². The first kappa shape index (κ1) is 13.4. The van der Waals surface area contributed by atoms with Gasteiger partial charge >= 0.3 is 6.09 Å². The summed E-state index contributed by atoms with van der Waals surface area (Å²) in [5.74, 6) is 0.700. The van der Waals surface area contributed by atoms with Crippen molar-refractivity contribution < 1.29 is 19.1 Å². The average molecular weight is 263 g/mol. The van der Waals surface area contributed by atoms with Crippen molar-refractivity contribution in [1.82, 2.24) is 4.90 Å². The van der Waals surface area contributed by atoms with Crippen LogP contribution in [0.5, 0.6) is 5.75 Å². The summed E-state index contributed by atoms with van der Waals surface area (Å²) in [5, 5.41) is 0. The molecule has 2 rings (SSSR count). The van der Waals surface area contributed by atoms with Gasteiger partial charge < -0.3 is 9.47 Å². The number of rotatable bonds is 2. The lowest BCUT2D eigenvalue weighted by molar-refractivity contribution is -0.126. The lowest BCUT2D eigenvalue weighted by atomic mass is 9.94. The SMILES string of the molecule is COC(=O)N1CCCC(=O)C1c1cccc(OC)c1. The first-order valence-corrected chi connectivity index (χ1v) is 6.18. The quantitative estimate of drug-likeness (QED) is 0.820. The second-order valence-corrected chi connectivity index (χ2v) is 4.41. The zero-order chi connectivity index (χ0) is 13.8. The molecule has 0 aliphatic carbocycles. The number of ether oxygens (including phenoxy) is 2. The minimum Gasteiger partial charge on any atom is -0.497 e. The smallest absolute Gasteiger partial charge is 0.410 e.